The lowest BCUT2D eigenvalue weighted by atomic mass is 10.3. The van der Waals surface area contributed by atoms with Crippen molar-refractivity contribution >= 4 is 95.6 Å². The summed E-state index contributed by atoms with van der Waals surface area (Å²) >= 11 is 21.4. The van der Waals surface area contributed by atoms with E-state index in [0.717, 1.165) is 44.1 Å². The Morgan fingerprint density at radius 2 is 0.680 bits per heavy atom. The Labute approximate surface area is 196 Å². The van der Waals surface area contributed by atoms with Crippen LogP contribution in [-0.2, 0) is 0 Å². The standard InChI is InChI=1S/C18H9Br6O/c19-13-4-1-10(7-16(13)22)25(11-2-5-14(20)17(23)8-11)12-3-6-15(21)18(24)9-12/h1-9H/q+1. The van der Waals surface area contributed by atoms with Crippen LogP contribution < -0.4 is 4.37 Å². The maximum atomic E-state index is 3.59. The second kappa shape index (κ2) is 8.57. The Hall–Kier alpha value is 0.340. The third kappa shape index (κ3) is 4.61. The molecule has 3 aromatic rings. The van der Waals surface area contributed by atoms with Crippen molar-refractivity contribution in [3.63, 3.8) is 0 Å². The molecule has 0 radical (unpaired) electrons. The maximum absolute atomic E-state index is 3.59. The first kappa shape index (κ1) is 20.1. The number of hydrogen-bond acceptors (Lipinski definition) is 0. The molecule has 3 aromatic carbocycles. The van der Waals surface area contributed by atoms with E-state index in [1.54, 1.807) is 0 Å². The van der Waals surface area contributed by atoms with Gasteiger partial charge >= 0.3 is 0 Å². The van der Waals surface area contributed by atoms with Crippen molar-refractivity contribution in [2.24, 2.45) is 0 Å². The third-order valence-corrected chi connectivity index (χ3v) is 9.02. The van der Waals surface area contributed by atoms with Gasteiger partial charge in [-0.05, 0) is 114 Å². The van der Waals surface area contributed by atoms with Crippen molar-refractivity contribution in [1.29, 1.82) is 0 Å². The fraction of sp³-hybridized carbons (Fsp3) is 0. The van der Waals surface area contributed by atoms with Gasteiger partial charge in [-0.2, -0.15) is 0 Å². The second-order valence-electron chi connectivity index (χ2n) is 5.03. The van der Waals surface area contributed by atoms with E-state index in [4.69, 9.17) is 0 Å². The first-order chi connectivity index (χ1) is 11.9. The minimum absolute atomic E-state index is 0.971. The van der Waals surface area contributed by atoms with Crippen LogP contribution in [0.25, 0.3) is 0 Å². The Kier molecular flexibility index (Phi) is 6.88. The van der Waals surface area contributed by atoms with Crippen LogP contribution >= 0.6 is 95.6 Å². The molecule has 3 rings (SSSR count). The minimum atomic E-state index is 0.971. The molecule has 0 heterocycles. The summed E-state index contributed by atoms with van der Waals surface area (Å²) in [7, 11) is 0. The molecular weight excluding hydrogens is 712 g/mol. The Bertz CT molecular complexity index is 818. The summed E-state index contributed by atoms with van der Waals surface area (Å²) in [5.74, 6) is 2.91. The SMILES string of the molecule is Brc1ccc([O+](c2ccc(Br)c(Br)c2)c2ccc(Br)c(Br)c2)cc1Br. The third-order valence-electron chi connectivity index (χ3n) is 3.38. The highest BCUT2D eigenvalue weighted by Crippen LogP contribution is 2.44. The van der Waals surface area contributed by atoms with Crippen LogP contribution in [0.4, 0.5) is 0 Å². The Morgan fingerprint density at radius 3 is 0.920 bits per heavy atom. The average molecular weight is 721 g/mol. The predicted molar refractivity (Wildman–Crippen MR) is 125 cm³/mol. The maximum Gasteiger partial charge on any atom is 0.268 e. The normalized spacial score (nSPS) is 10.8. The molecule has 0 atom stereocenters. The molecule has 25 heavy (non-hydrogen) atoms. The molecule has 0 spiro atoms. The molecule has 0 unspecified atom stereocenters. The van der Waals surface area contributed by atoms with Gasteiger partial charge in [-0.3, -0.25) is 0 Å². The van der Waals surface area contributed by atoms with Crippen molar-refractivity contribution in [3.05, 3.63) is 81.4 Å². The van der Waals surface area contributed by atoms with Crippen LogP contribution in [0.1, 0.15) is 0 Å². The smallest absolute Gasteiger partial charge is 0.268 e. The van der Waals surface area contributed by atoms with E-state index in [-0.39, 0.29) is 0 Å². The van der Waals surface area contributed by atoms with Gasteiger partial charge in [0, 0.05) is 63.2 Å². The van der Waals surface area contributed by atoms with Gasteiger partial charge in [0.2, 0.25) is 0 Å². The molecule has 0 saturated carbocycles. The van der Waals surface area contributed by atoms with E-state index in [9.17, 15) is 0 Å². The van der Waals surface area contributed by atoms with Gasteiger partial charge < -0.3 is 4.37 Å². The molecule has 7 heteroatoms. The highest BCUT2D eigenvalue weighted by molar-refractivity contribution is 9.13. The number of benzene rings is 3. The monoisotopic (exact) mass is 715 g/mol. The van der Waals surface area contributed by atoms with E-state index in [1.165, 1.54) is 0 Å². The molecule has 128 valence electrons. The zero-order valence-corrected chi connectivity index (χ0v) is 21.9. The number of halogens is 6. The predicted octanol–water partition coefficient (Wildman–Crippen LogP) is 10.0. The van der Waals surface area contributed by atoms with Crippen molar-refractivity contribution in [2.45, 2.75) is 0 Å². The lowest BCUT2D eigenvalue weighted by Gasteiger charge is -2.23. The lowest BCUT2D eigenvalue weighted by Crippen LogP contribution is -2.06. The molecule has 0 saturated heterocycles. The van der Waals surface area contributed by atoms with E-state index in [2.05, 4.69) is 118 Å². The minimum Gasteiger partial charge on any atom is -0.499 e. The highest BCUT2D eigenvalue weighted by atomic mass is 79.9. The second-order valence-corrected chi connectivity index (χ2v) is 10.2. The summed E-state index contributed by atoms with van der Waals surface area (Å²) in [6.07, 6.45) is 0. The van der Waals surface area contributed by atoms with Gasteiger partial charge in [0.25, 0.3) is 17.2 Å². The molecule has 0 bridgehead atoms. The fourth-order valence-corrected chi connectivity index (χ4v) is 4.03. The summed E-state index contributed by atoms with van der Waals surface area (Å²) in [6.45, 7) is 0. The Morgan fingerprint density at radius 1 is 0.400 bits per heavy atom. The fourth-order valence-electron chi connectivity index (χ4n) is 2.22. The summed E-state index contributed by atoms with van der Waals surface area (Å²) in [4.78, 5) is 0. The summed E-state index contributed by atoms with van der Waals surface area (Å²) < 4.78 is 9.20. The van der Waals surface area contributed by atoms with Gasteiger partial charge in [-0.15, -0.1) is 0 Å². The van der Waals surface area contributed by atoms with Gasteiger partial charge in [-0.25, -0.2) is 0 Å². The molecule has 0 aromatic heterocycles. The quantitative estimate of drug-likeness (QED) is 0.237. The van der Waals surface area contributed by atoms with Gasteiger partial charge in [0.1, 0.15) is 0 Å². The van der Waals surface area contributed by atoms with Crippen LogP contribution in [0.5, 0.6) is 17.2 Å². The van der Waals surface area contributed by atoms with Crippen LogP contribution in [-0.4, -0.2) is 0 Å². The molecule has 0 N–H and O–H groups in total. The van der Waals surface area contributed by atoms with E-state index < -0.39 is 0 Å². The molecule has 0 aliphatic heterocycles. The van der Waals surface area contributed by atoms with Crippen LogP contribution in [0.15, 0.2) is 81.4 Å². The van der Waals surface area contributed by atoms with Crippen LogP contribution in [0.2, 0.25) is 0 Å². The average Bonchev–Trinajstić information content (AvgIpc) is 2.57. The first-order valence-electron chi connectivity index (χ1n) is 6.96. The van der Waals surface area contributed by atoms with Crippen molar-refractivity contribution in [3.8, 4) is 17.2 Å². The zero-order chi connectivity index (χ0) is 18.1. The van der Waals surface area contributed by atoms with Gasteiger partial charge in [-0.1, -0.05) is 0 Å². The van der Waals surface area contributed by atoms with E-state index in [1.807, 2.05) is 36.4 Å². The largest absolute Gasteiger partial charge is 0.499 e. The molecular formula is C18H9Br6O+. The number of rotatable bonds is 3. The molecule has 0 aliphatic carbocycles. The lowest BCUT2D eigenvalue weighted by molar-refractivity contribution is 0.232. The first-order valence-corrected chi connectivity index (χ1v) is 11.7. The van der Waals surface area contributed by atoms with Crippen LogP contribution in [0.3, 0.4) is 0 Å². The van der Waals surface area contributed by atoms with Crippen molar-refractivity contribution in [2.75, 3.05) is 0 Å². The Balaban J connectivity index is 2.21. The van der Waals surface area contributed by atoms with Crippen molar-refractivity contribution < 1.29 is 4.37 Å². The molecule has 0 amide bonds. The summed E-state index contributed by atoms with van der Waals surface area (Å²) in [5.41, 5.74) is 0. The van der Waals surface area contributed by atoms with Crippen LogP contribution in [0, 0.1) is 0 Å². The highest BCUT2D eigenvalue weighted by Gasteiger charge is 2.22. The topological polar surface area (TPSA) is 2.70 Å². The summed E-state index contributed by atoms with van der Waals surface area (Å²) in [6, 6.07) is 18.4. The molecule has 0 fully saturated rings. The summed E-state index contributed by atoms with van der Waals surface area (Å²) in [5, 5.41) is 0. The zero-order valence-electron chi connectivity index (χ0n) is 12.4. The van der Waals surface area contributed by atoms with Crippen molar-refractivity contribution in [1.82, 2.24) is 0 Å². The molecule has 1 nitrogen and oxygen atoms in total. The van der Waals surface area contributed by atoms with E-state index >= 15 is 0 Å². The molecule has 0 aliphatic rings. The van der Waals surface area contributed by atoms with E-state index in [0.29, 0.717) is 0 Å². The van der Waals surface area contributed by atoms with Gasteiger partial charge in [0.15, 0.2) is 0 Å². The number of hydrogen-bond donors (Lipinski definition) is 0. The van der Waals surface area contributed by atoms with Gasteiger partial charge in [0.05, 0.1) is 0 Å².